The second-order valence-electron chi connectivity index (χ2n) is 4.14. The first-order valence-corrected chi connectivity index (χ1v) is 4.35. The predicted octanol–water partition coefficient (Wildman–Crippen LogP) is 0.996. The normalized spacial score (nSPS) is 45.2. The lowest BCUT2D eigenvalue weighted by Gasteiger charge is -2.14. The highest BCUT2D eigenvalue weighted by Crippen LogP contribution is 2.62. The van der Waals surface area contributed by atoms with E-state index in [1.807, 2.05) is 0 Å². The minimum atomic E-state index is -0.219. The summed E-state index contributed by atoms with van der Waals surface area (Å²) in [6.45, 7) is 5.37. The van der Waals surface area contributed by atoms with E-state index < -0.39 is 0 Å². The average Bonchev–Trinajstić information content (AvgIpc) is 2.34. The molecule has 0 bridgehead atoms. The Labute approximate surface area is 71.3 Å². The minimum absolute atomic E-state index is 0.0725. The standard InChI is InChI=1S/C8H12ClNO/c1-8(2)4-3-10-6(5(4)8)7(9)11/h4-6,10H,3H2,1-2H3. The number of halogens is 1. The van der Waals surface area contributed by atoms with Crippen molar-refractivity contribution in [3.63, 3.8) is 0 Å². The fourth-order valence-electron chi connectivity index (χ4n) is 2.44. The highest BCUT2D eigenvalue weighted by atomic mass is 35.5. The number of piperidine rings is 1. The van der Waals surface area contributed by atoms with E-state index in [-0.39, 0.29) is 11.3 Å². The van der Waals surface area contributed by atoms with Gasteiger partial charge >= 0.3 is 0 Å². The smallest absolute Gasteiger partial charge is 0.238 e. The number of rotatable bonds is 1. The Morgan fingerprint density at radius 1 is 1.64 bits per heavy atom. The molecule has 0 aromatic rings. The molecule has 3 heteroatoms. The van der Waals surface area contributed by atoms with Gasteiger partial charge in [0.1, 0.15) is 0 Å². The summed E-state index contributed by atoms with van der Waals surface area (Å²) in [5, 5.41) is 2.91. The minimum Gasteiger partial charge on any atom is -0.306 e. The van der Waals surface area contributed by atoms with Crippen molar-refractivity contribution >= 4 is 16.8 Å². The highest BCUT2D eigenvalue weighted by Gasteiger charge is 2.65. The van der Waals surface area contributed by atoms with E-state index in [1.54, 1.807) is 0 Å². The predicted molar refractivity (Wildman–Crippen MR) is 43.4 cm³/mol. The molecule has 3 unspecified atom stereocenters. The maximum atomic E-state index is 10.9. The van der Waals surface area contributed by atoms with Gasteiger partial charge in [-0.05, 0) is 35.4 Å². The van der Waals surface area contributed by atoms with Gasteiger partial charge in [0.15, 0.2) is 0 Å². The van der Waals surface area contributed by atoms with E-state index >= 15 is 0 Å². The lowest BCUT2D eigenvalue weighted by Crippen LogP contribution is -2.35. The van der Waals surface area contributed by atoms with E-state index in [0.29, 0.717) is 17.3 Å². The fraction of sp³-hybridized carbons (Fsp3) is 0.875. The first-order chi connectivity index (χ1) is 5.05. The summed E-state index contributed by atoms with van der Waals surface area (Å²) in [4.78, 5) is 10.9. The third-order valence-corrected chi connectivity index (χ3v) is 3.54. The molecule has 1 aliphatic carbocycles. The molecular formula is C8H12ClNO. The van der Waals surface area contributed by atoms with Crippen molar-refractivity contribution in [3.8, 4) is 0 Å². The van der Waals surface area contributed by atoms with E-state index in [4.69, 9.17) is 11.6 Å². The second-order valence-corrected chi connectivity index (χ2v) is 4.52. The summed E-state index contributed by atoms with van der Waals surface area (Å²) >= 11 is 5.43. The summed E-state index contributed by atoms with van der Waals surface area (Å²) in [6.07, 6.45) is 0. The summed E-state index contributed by atoms with van der Waals surface area (Å²) in [5.74, 6) is 1.17. The van der Waals surface area contributed by atoms with Gasteiger partial charge in [-0.1, -0.05) is 13.8 Å². The van der Waals surface area contributed by atoms with Crippen LogP contribution in [0.2, 0.25) is 0 Å². The van der Waals surface area contributed by atoms with Crippen molar-refractivity contribution < 1.29 is 4.79 Å². The molecule has 0 radical (unpaired) electrons. The van der Waals surface area contributed by atoms with Gasteiger partial charge in [-0.3, -0.25) is 4.79 Å². The Balaban J connectivity index is 2.13. The molecule has 2 fully saturated rings. The van der Waals surface area contributed by atoms with Crippen LogP contribution in [-0.2, 0) is 4.79 Å². The summed E-state index contributed by atoms with van der Waals surface area (Å²) in [5.41, 5.74) is 0.348. The van der Waals surface area contributed by atoms with Crippen molar-refractivity contribution in [3.05, 3.63) is 0 Å². The maximum Gasteiger partial charge on any atom is 0.238 e. The summed E-state index contributed by atoms with van der Waals surface area (Å²) < 4.78 is 0. The molecule has 1 saturated heterocycles. The number of hydrogen-bond donors (Lipinski definition) is 1. The van der Waals surface area contributed by atoms with Crippen LogP contribution in [0.1, 0.15) is 13.8 Å². The molecule has 1 saturated carbocycles. The van der Waals surface area contributed by atoms with Gasteiger partial charge in [-0.25, -0.2) is 0 Å². The van der Waals surface area contributed by atoms with Crippen molar-refractivity contribution in [2.45, 2.75) is 19.9 Å². The van der Waals surface area contributed by atoms with E-state index in [9.17, 15) is 4.79 Å². The highest BCUT2D eigenvalue weighted by molar-refractivity contribution is 6.64. The third-order valence-electron chi connectivity index (χ3n) is 3.30. The first kappa shape index (κ1) is 7.56. The number of nitrogens with one attached hydrogen (secondary N) is 1. The van der Waals surface area contributed by atoms with Gasteiger partial charge in [0.2, 0.25) is 5.24 Å². The third kappa shape index (κ3) is 0.859. The van der Waals surface area contributed by atoms with Crippen LogP contribution in [0.25, 0.3) is 0 Å². The lowest BCUT2D eigenvalue weighted by molar-refractivity contribution is -0.113. The number of carbonyl (C=O) groups excluding carboxylic acids is 1. The SMILES string of the molecule is CC1(C)C2CNC(C(=O)Cl)C21. The Morgan fingerprint density at radius 3 is 2.55 bits per heavy atom. The molecule has 1 N–H and O–H groups in total. The van der Waals surface area contributed by atoms with Gasteiger partial charge in [0.05, 0.1) is 6.04 Å². The molecule has 3 atom stereocenters. The molecule has 62 valence electrons. The van der Waals surface area contributed by atoms with Crippen molar-refractivity contribution in [1.82, 2.24) is 5.32 Å². The molecule has 1 heterocycles. The molecule has 0 aromatic carbocycles. The molecule has 0 aromatic heterocycles. The zero-order valence-corrected chi connectivity index (χ0v) is 7.48. The zero-order chi connectivity index (χ0) is 8.22. The molecule has 1 aliphatic heterocycles. The maximum absolute atomic E-state index is 10.9. The van der Waals surface area contributed by atoms with Crippen molar-refractivity contribution in [2.75, 3.05) is 6.54 Å². The van der Waals surface area contributed by atoms with Crippen LogP contribution in [0, 0.1) is 17.3 Å². The van der Waals surface area contributed by atoms with Crippen LogP contribution in [0.3, 0.4) is 0 Å². The second kappa shape index (κ2) is 1.99. The van der Waals surface area contributed by atoms with Crippen LogP contribution < -0.4 is 5.32 Å². The van der Waals surface area contributed by atoms with E-state index in [0.717, 1.165) is 6.54 Å². The Morgan fingerprint density at radius 2 is 2.27 bits per heavy atom. The van der Waals surface area contributed by atoms with Gasteiger partial charge in [-0.15, -0.1) is 0 Å². The van der Waals surface area contributed by atoms with Crippen molar-refractivity contribution in [2.24, 2.45) is 17.3 Å². The summed E-state index contributed by atoms with van der Waals surface area (Å²) in [7, 11) is 0. The Hall–Kier alpha value is -0.0800. The molecule has 2 rings (SSSR count). The Bertz CT molecular complexity index is 214. The van der Waals surface area contributed by atoms with Crippen LogP contribution in [-0.4, -0.2) is 17.8 Å². The molecule has 0 amide bonds. The number of fused-ring (bicyclic) bond motifs is 1. The number of hydrogen-bond acceptors (Lipinski definition) is 2. The average molecular weight is 174 g/mol. The Kier molecular flexibility index (Phi) is 1.37. The topological polar surface area (TPSA) is 29.1 Å². The zero-order valence-electron chi connectivity index (χ0n) is 6.73. The largest absolute Gasteiger partial charge is 0.306 e. The monoisotopic (exact) mass is 173 g/mol. The van der Waals surface area contributed by atoms with E-state index in [2.05, 4.69) is 19.2 Å². The van der Waals surface area contributed by atoms with Gasteiger partial charge in [0.25, 0.3) is 0 Å². The van der Waals surface area contributed by atoms with Crippen LogP contribution in [0.4, 0.5) is 0 Å². The van der Waals surface area contributed by atoms with Crippen LogP contribution >= 0.6 is 11.6 Å². The quantitative estimate of drug-likeness (QED) is 0.600. The van der Waals surface area contributed by atoms with E-state index in [1.165, 1.54) is 0 Å². The fourth-order valence-corrected chi connectivity index (χ4v) is 2.65. The molecule has 0 spiro atoms. The molecule has 2 aliphatic rings. The number of carbonyl (C=O) groups is 1. The lowest BCUT2D eigenvalue weighted by atomic mass is 10.0. The van der Waals surface area contributed by atoms with Gasteiger partial charge in [-0.2, -0.15) is 0 Å². The van der Waals surface area contributed by atoms with Gasteiger partial charge in [0, 0.05) is 0 Å². The van der Waals surface area contributed by atoms with Gasteiger partial charge < -0.3 is 5.32 Å². The first-order valence-electron chi connectivity index (χ1n) is 3.98. The summed E-state index contributed by atoms with van der Waals surface area (Å²) in [6, 6.07) is -0.0725. The molecular weight excluding hydrogens is 162 g/mol. The van der Waals surface area contributed by atoms with Crippen LogP contribution in [0.15, 0.2) is 0 Å². The molecule has 2 nitrogen and oxygen atoms in total. The van der Waals surface area contributed by atoms with Crippen LogP contribution in [0.5, 0.6) is 0 Å². The molecule has 11 heavy (non-hydrogen) atoms. The van der Waals surface area contributed by atoms with Crippen molar-refractivity contribution in [1.29, 1.82) is 0 Å².